The molecule has 7 heteroatoms. The van der Waals surface area contributed by atoms with Crippen LogP contribution in [-0.2, 0) is 0 Å². The quantitative estimate of drug-likeness (QED) is 0.532. The number of hydrogen-bond donors (Lipinski definition) is 1. The number of fused-ring (bicyclic) bond motifs is 1. The van der Waals surface area contributed by atoms with Crippen LogP contribution in [0.15, 0.2) is 42.5 Å². The second kappa shape index (κ2) is 5.53. The highest BCUT2D eigenvalue weighted by Crippen LogP contribution is 2.30. The highest BCUT2D eigenvalue weighted by Gasteiger charge is 2.40. The van der Waals surface area contributed by atoms with E-state index in [1.165, 1.54) is 18.2 Å². The lowest BCUT2D eigenvalue weighted by molar-refractivity contribution is -0.385. The van der Waals surface area contributed by atoms with Gasteiger partial charge in [-0.3, -0.25) is 24.6 Å². The normalized spacial score (nSPS) is 13.2. The Hall–Kier alpha value is -3.22. The molecule has 0 radical (unpaired) electrons. The smallest absolute Gasteiger partial charge is 0.282 e. The largest absolute Gasteiger partial charge is 0.367 e. The number of anilines is 1. The van der Waals surface area contributed by atoms with Gasteiger partial charge in [-0.25, -0.2) is 0 Å². The third kappa shape index (κ3) is 2.52. The van der Waals surface area contributed by atoms with Gasteiger partial charge in [-0.1, -0.05) is 18.2 Å². The Morgan fingerprint density at radius 2 is 1.87 bits per heavy atom. The molecule has 0 atom stereocenters. The van der Waals surface area contributed by atoms with Crippen molar-refractivity contribution in [2.24, 2.45) is 0 Å². The monoisotopic (exact) mass is 311 g/mol. The SMILES string of the molecule is Cc1cccc(NCN2C(=O)c3cccc([N+](=O)[O-])c3C2=O)c1. The van der Waals surface area contributed by atoms with E-state index in [1.807, 2.05) is 31.2 Å². The van der Waals surface area contributed by atoms with E-state index < -0.39 is 16.7 Å². The summed E-state index contributed by atoms with van der Waals surface area (Å²) in [6.07, 6.45) is 0. The van der Waals surface area contributed by atoms with E-state index in [-0.39, 0.29) is 23.5 Å². The van der Waals surface area contributed by atoms with E-state index >= 15 is 0 Å². The average Bonchev–Trinajstić information content (AvgIpc) is 2.77. The van der Waals surface area contributed by atoms with Gasteiger partial charge < -0.3 is 5.32 Å². The zero-order chi connectivity index (χ0) is 16.6. The van der Waals surface area contributed by atoms with E-state index in [9.17, 15) is 19.7 Å². The first-order valence-corrected chi connectivity index (χ1v) is 6.93. The lowest BCUT2D eigenvalue weighted by atomic mass is 10.1. The third-order valence-corrected chi connectivity index (χ3v) is 3.63. The Morgan fingerprint density at radius 3 is 2.57 bits per heavy atom. The number of rotatable bonds is 4. The van der Waals surface area contributed by atoms with E-state index in [2.05, 4.69) is 5.32 Å². The molecule has 7 nitrogen and oxygen atoms in total. The molecule has 116 valence electrons. The van der Waals surface area contributed by atoms with Crippen molar-refractivity contribution in [3.05, 3.63) is 69.3 Å². The lowest BCUT2D eigenvalue weighted by Gasteiger charge is -2.15. The number of imide groups is 1. The van der Waals surface area contributed by atoms with Gasteiger partial charge in [0.1, 0.15) is 5.56 Å². The second-order valence-electron chi connectivity index (χ2n) is 5.20. The maximum Gasteiger partial charge on any atom is 0.282 e. The Bertz CT molecular complexity index is 832. The minimum absolute atomic E-state index is 0.0487. The molecule has 0 bridgehead atoms. The van der Waals surface area contributed by atoms with Crippen molar-refractivity contribution < 1.29 is 14.5 Å². The van der Waals surface area contributed by atoms with E-state index in [1.54, 1.807) is 0 Å². The highest BCUT2D eigenvalue weighted by atomic mass is 16.6. The second-order valence-corrected chi connectivity index (χ2v) is 5.20. The molecule has 2 aromatic carbocycles. The summed E-state index contributed by atoms with van der Waals surface area (Å²) in [5, 5.41) is 14.0. The number of amides is 2. The van der Waals surface area contributed by atoms with Gasteiger partial charge in [0.2, 0.25) is 0 Å². The van der Waals surface area contributed by atoms with Crippen LogP contribution < -0.4 is 5.32 Å². The van der Waals surface area contributed by atoms with Crippen molar-refractivity contribution in [3.63, 3.8) is 0 Å². The van der Waals surface area contributed by atoms with Crippen LogP contribution in [0.2, 0.25) is 0 Å². The van der Waals surface area contributed by atoms with Gasteiger partial charge in [-0.15, -0.1) is 0 Å². The molecule has 0 spiro atoms. The molecule has 0 saturated heterocycles. The van der Waals surface area contributed by atoms with Gasteiger partial charge in [0.05, 0.1) is 17.2 Å². The van der Waals surface area contributed by atoms with Crippen LogP contribution in [-0.4, -0.2) is 28.3 Å². The lowest BCUT2D eigenvalue weighted by Crippen LogP contribution is -2.34. The number of hydrogen-bond acceptors (Lipinski definition) is 5. The number of carbonyl (C=O) groups is 2. The molecule has 0 saturated carbocycles. The maximum atomic E-state index is 12.4. The predicted octanol–water partition coefficient (Wildman–Crippen LogP) is 2.57. The first kappa shape index (κ1) is 14.7. The molecular weight excluding hydrogens is 298 g/mol. The van der Waals surface area contributed by atoms with Gasteiger partial charge >= 0.3 is 0 Å². The number of nitrogens with one attached hydrogen (secondary N) is 1. The molecule has 1 aliphatic heterocycles. The Morgan fingerprint density at radius 1 is 1.13 bits per heavy atom. The van der Waals surface area contributed by atoms with Crippen LogP contribution in [0.1, 0.15) is 26.3 Å². The molecule has 1 aliphatic rings. The Labute approximate surface area is 131 Å². The fraction of sp³-hybridized carbons (Fsp3) is 0.125. The van der Waals surface area contributed by atoms with Gasteiger partial charge in [0.15, 0.2) is 0 Å². The summed E-state index contributed by atoms with van der Waals surface area (Å²) in [5.74, 6) is -1.19. The van der Waals surface area contributed by atoms with Crippen molar-refractivity contribution in [2.45, 2.75) is 6.92 Å². The number of nitro benzene ring substituents is 1. The summed E-state index contributed by atoms with van der Waals surface area (Å²) >= 11 is 0. The Balaban J connectivity index is 1.86. The topological polar surface area (TPSA) is 92.6 Å². The van der Waals surface area contributed by atoms with Crippen LogP contribution in [0.25, 0.3) is 0 Å². The van der Waals surface area contributed by atoms with E-state index in [4.69, 9.17) is 0 Å². The van der Waals surface area contributed by atoms with Crippen LogP contribution >= 0.6 is 0 Å². The molecule has 0 fully saturated rings. The first-order chi connectivity index (χ1) is 11.0. The molecule has 2 amide bonds. The number of nitrogens with zero attached hydrogens (tertiary/aromatic N) is 2. The van der Waals surface area contributed by atoms with Crippen molar-refractivity contribution in [3.8, 4) is 0 Å². The van der Waals surface area contributed by atoms with Gasteiger partial charge in [0.25, 0.3) is 17.5 Å². The Kier molecular flexibility index (Phi) is 3.53. The predicted molar refractivity (Wildman–Crippen MR) is 83.3 cm³/mol. The fourth-order valence-electron chi connectivity index (χ4n) is 2.54. The maximum absolute atomic E-state index is 12.4. The van der Waals surface area contributed by atoms with Crippen molar-refractivity contribution in [2.75, 3.05) is 12.0 Å². The van der Waals surface area contributed by atoms with Crippen LogP contribution in [0, 0.1) is 17.0 Å². The number of carbonyl (C=O) groups excluding carboxylic acids is 2. The van der Waals surface area contributed by atoms with Crippen molar-refractivity contribution in [1.82, 2.24) is 4.90 Å². The molecule has 1 N–H and O–H groups in total. The number of nitro groups is 1. The first-order valence-electron chi connectivity index (χ1n) is 6.93. The summed E-state index contributed by atoms with van der Waals surface area (Å²) in [6.45, 7) is 1.88. The van der Waals surface area contributed by atoms with Gasteiger partial charge in [-0.2, -0.15) is 0 Å². The molecule has 1 heterocycles. The zero-order valence-corrected chi connectivity index (χ0v) is 12.3. The molecule has 0 aromatic heterocycles. The molecule has 0 unspecified atom stereocenters. The standard InChI is InChI=1S/C16H13N3O4/c1-10-4-2-5-11(8-10)17-9-18-15(20)12-6-3-7-13(19(22)23)14(12)16(18)21/h2-8,17H,9H2,1H3. The highest BCUT2D eigenvalue weighted by molar-refractivity contribution is 6.23. The van der Waals surface area contributed by atoms with Gasteiger partial charge in [0, 0.05) is 11.8 Å². The minimum Gasteiger partial charge on any atom is -0.367 e. The van der Waals surface area contributed by atoms with Crippen molar-refractivity contribution in [1.29, 1.82) is 0 Å². The van der Waals surface area contributed by atoms with Crippen LogP contribution in [0.4, 0.5) is 11.4 Å². The van der Waals surface area contributed by atoms with E-state index in [0.717, 1.165) is 16.2 Å². The van der Waals surface area contributed by atoms with E-state index in [0.29, 0.717) is 0 Å². The van der Waals surface area contributed by atoms with Crippen LogP contribution in [0.5, 0.6) is 0 Å². The average molecular weight is 311 g/mol. The number of benzene rings is 2. The van der Waals surface area contributed by atoms with Crippen molar-refractivity contribution >= 4 is 23.2 Å². The van der Waals surface area contributed by atoms with Gasteiger partial charge in [-0.05, 0) is 30.7 Å². The third-order valence-electron chi connectivity index (χ3n) is 3.63. The molecule has 0 aliphatic carbocycles. The summed E-state index contributed by atoms with van der Waals surface area (Å²) in [5.41, 5.74) is 1.37. The summed E-state index contributed by atoms with van der Waals surface area (Å²) in [6, 6.07) is 11.5. The molecule has 3 rings (SSSR count). The molecule has 2 aromatic rings. The molecule has 23 heavy (non-hydrogen) atoms. The number of aryl methyl sites for hydroxylation is 1. The molecular formula is C16H13N3O4. The summed E-state index contributed by atoms with van der Waals surface area (Å²) < 4.78 is 0. The van der Waals surface area contributed by atoms with Crippen LogP contribution in [0.3, 0.4) is 0 Å². The zero-order valence-electron chi connectivity index (χ0n) is 12.3. The minimum atomic E-state index is -0.655. The fourth-order valence-corrected chi connectivity index (χ4v) is 2.54. The summed E-state index contributed by atoms with van der Waals surface area (Å²) in [4.78, 5) is 36.1. The summed E-state index contributed by atoms with van der Waals surface area (Å²) in [7, 11) is 0.